The van der Waals surface area contributed by atoms with Gasteiger partial charge >= 0.3 is 7.60 Å². The number of hydrogen-bond donors (Lipinski definition) is 0. The lowest BCUT2D eigenvalue weighted by molar-refractivity contribution is 0.183. The second kappa shape index (κ2) is 14.3. The summed E-state index contributed by atoms with van der Waals surface area (Å²) in [5.41, 5.74) is 0. The van der Waals surface area contributed by atoms with E-state index >= 15 is 0 Å². The SMILES string of the molecule is C#CC(C)OP(=O)(CCCC)OCCCCCCCCCC. The van der Waals surface area contributed by atoms with Crippen LogP contribution in [0, 0.1) is 12.3 Å². The molecule has 0 bridgehead atoms. The Labute approximate surface area is 138 Å². The molecule has 0 aliphatic carbocycles. The molecule has 0 saturated carbocycles. The Kier molecular flexibility index (Phi) is 14.1. The first-order valence-electron chi connectivity index (χ1n) is 8.96. The fourth-order valence-electron chi connectivity index (χ4n) is 2.21. The molecule has 2 unspecified atom stereocenters. The summed E-state index contributed by atoms with van der Waals surface area (Å²) in [6.07, 6.45) is 17.0. The van der Waals surface area contributed by atoms with Gasteiger partial charge in [0.25, 0.3) is 0 Å². The molecule has 130 valence electrons. The van der Waals surface area contributed by atoms with E-state index in [1.165, 1.54) is 38.5 Å². The molecular weight excluding hydrogens is 295 g/mol. The first-order valence-corrected chi connectivity index (χ1v) is 10.7. The summed E-state index contributed by atoms with van der Waals surface area (Å²) in [6, 6.07) is 0. The van der Waals surface area contributed by atoms with Crippen molar-refractivity contribution >= 4 is 7.60 Å². The highest BCUT2D eigenvalue weighted by molar-refractivity contribution is 7.53. The van der Waals surface area contributed by atoms with Crippen molar-refractivity contribution < 1.29 is 13.6 Å². The molecular formula is C18H35O3P. The maximum absolute atomic E-state index is 12.6. The Balaban J connectivity index is 3.84. The monoisotopic (exact) mass is 330 g/mol. The molecule has 0 aliphatic heterocycles. The molecule has 22 heavy (non-hydrogen) atoms. The molecule has 0 radical (unpaired) electrons. The maximum Gasteiger partial charge on any atom is 0.331 e. The van der Waals surface area contributed by atoms with E-state index in [2.05, 4.69) is 19.8 Å². The van der Waals surface area contributed by atoms with E-state index in [0.29, 0.717) is 12.8 Å². The number of terminal acetylenes is 1. The highest BCUT2D eigenvalue weighted by Crippen LogP contribution is 2.50. The Morgan fingerprint density at radius 1 is 0.955 bits per heavy atom. The van der Waals surface area contributed by atoms with E-state index in [9.17, 15) is 4.57 Å². The molecule has 3 nitrogen and oxygen atoms in total. The van der Waals surface area contributed by atoms with Crippen molar-refractivity contribution in [1.82, 2.24) is 0 Å². The molecule has 4 heteroatoms. The lowest BCUT2D eigenvalue weighted by Gasteiger charge is -2.20. The largest absolute Gasteiger partial charge is 0.331 e. The van der Waals surface area contributed by atoms with Crippen LogP contribution in [0.5, 0.6) is 0 Å². The van der Waals surface area contributed by atoms with Crippen LogP contribution in [0.1, 0.15) is 85.0 Å². The van der Waals surface area contributed by atoms with Crippen molar-refractivity contribution in [3.8, 4) is 12.3 Å². The summed E-state index contributed by atoms with van der Waals surface area (Å²) in [7, 11) is -3.02. The van der Waals surface area contributed by atoms with Gasteiger partial charge in [-0.05, 0) is 19.8 Å². The van der Waals surface area contributed by atoms with Crippen LogP contribution >= 0.6 is 7.60 Å². The van der Waals surface area contributed by atoms with Crippen molar-refractivity contribution in [3.05, 3.63) is 0 Å². The van der Waals surface area contributed by atoms with Gasteiger partial charge in [-0.2, -0.15) is 0 Å². The van der Waals surface area contributed by atoms with Gasteiger partial charge in [-0.25, -0.2) is 0 Å². The Hall–Kier alpha value is -0.290. The molecule has 0 fully saturated rings. The number of rotatable bonds is 15. The van der Waals surface area contributed by atoms with Gasteiger partial charge in [-0.1, -0.05) is 71.1 Å². The molecule has 0 saturated heterocycles. The summed E-state index contributed by atoms with van der Waals surface area (Å²) < 4.78 is 23.7. The predicted octanol–water partition coefficient (Wildman–Crippen LogP) is 6.18. The summed E-state index contributed by atoms with van der Waals surface area (Å²) in [5, 5.41) is 0. The Morgan fingerprint density at radius 3 is 2.05 bits per heavy atom. The van der Waals surface area contributed by atoms with Gasteiger partial charge in [0.2, 0.25) is 0 Å². The highest BCUT2D eigenvalue weighted by atomic mass is 31.2. The molecule has 0 rings (SSSR count). The van der Waals surface area contributed by atoms with E-state index in [-0.39, 0.29) is 0 Å². The van der Waals surface area contributed by atoms with Crippen molar-refractivity contribution in [2.45, 2.75) is 91.1 Å². The van der Waals surface area contributed by atoms with Crippen molar-refractivity contribution in [1.29, 1.82) is 0 Å². The summed E-state index contributed by atoms with van der Waals surface area (Å²) in [4.78, 5) is 0. The van der Waals surface area contributed by atoms with Gasteiger partial charge in [-0.3, -0.25) is 9.09 Å². The van der Waals surface area contributed by atoms with Crippen LogP contribution in [0.4, 0.5) is 0 Å². The third kappa shape index (κ3) is 12.3. The fraction of sp³-hybridized carbons (Fsp3) is 0.889. The van der Waals surface area contributed by atoms with Gasteiger partial charge in [0.1, 0.15) is 6.10 Å². The summed E-state index contributed by atoms with van der Waals surface area (Å²) >= 11 is 0. The van der Waals surface area contributed by atoms with Gasteiger partial charge in [0.05, 0.1) is 12.8 Å². The molecule has 2 atom stereocenters. The van der Waals surface area contributed by atoms with Crippen LogP contribution < -0.4 is 0 Å². The summed E-state index contributed by atoms with van der Waals surface area (Å²) in [5.74, 6) is 2.46. The van der Waals surface area contributed by atoms with Gasteiger partial charge in [0.15, 0.2) is 0 Å². The predicted molar refractivity (Wildman–Crippen MR) is 95.3 cm³/mol. The van der Waals surface area contributed by atoms with Gasteiger partial charge in [0, 0.05) is 0 Å². The number of unbranched alkanes of at least 4 members (excludes halogenated alkanes) is 8. The van der Waals surface area contributed by atoms with E-state index < -0.39 is 13.7 Å². The van der Waals surface area contributed by atoms with Crippen LogP contribution in [0.2, 0.25) is 0 Å². The zero-order valence-electron chi connectivity index (χ0n) is 14.8. The molecule has 0 aromatic heterocycles. The van der Waals surface area contributed by atoms with Crippen molar-refractivity contribution in [3.63, 3.8) is 0 Å². The number of hydrogen-bond acceptors (Lipinski definition) is 3. The minimum absolute atomic E-state index is 0.457. The van der Waals surface area contributed by atoms with Gasteiger partial charge < -0.3 is 4.52 Å². The molecule has 0 aliphatic rings. The zero-order valence-corrected chi connectivity index (χ0v) is 15.7. The lowest BCUT2D eigenvalue weighted by Crippen LogP contribution is -2.08. The smallest absolute Gasteiger partial charge is 0.309 e. The average Bonchev–Trinajstić information content (AvgIpc) is 2.51. The van der Waals surface area contributed by atoms with Crippen molar-refractivity contribution in [2.24, 2.45) is 0 Å². The van der Waals surface area contributed by atoms with Crippen LogP contribution in [0.3, 0.4) is 0 Å². The van der Waals surface area contributed by atoms with E-state index in [1.54, 1.807) is 6.92 Å². The molecule has 0 aromatic rings. The van der Waals surface area contributed by atoms with Crippen LogP contribution in [-0.2, 0) is 13.6 Å². The highest BCUT2D eigenvalue weighted by Gasteiger charge is 2.25. The first kappa shape index (κ1) is 21.7. The third-order valence-electron chi connectivity index (χ3n) is 3.62. The summed E-state index contributed by atoms with van der Waals surface area (Å²) in [6.45, 7) is 6.54. The molecule has 0 heterocycles. The fourth-order valence-corrected chi connectivity index (χ4v) is 4.16. The standard InChI is InChI=1S/C18H35O3P/c1-5-8-10-11-12-13-14-15-16-20-22(19,17-9-6-2)21-18(4)7-3/h3,18H,5-6,8-17H2,1-2,4H3. The minimum atomic E-state index is -3.02. The minimum Gasteiger partial charge on any atom is -0.309 e. The Bertz CT molecular complexity index is 336. The lowest BCUT2D eigenvalue weighted by atomic mass is 10.1. The van der Waals surface area contributed by atoms with Crippen molar-refractivity contribution in [2.75, 3.05) is 12.8 Å². The van der Waals surface area contributed by atoms with Crippen LogP contribution in [0.25, 0.3) is 0 Å². The van der Waals surface area contributed by atoms with E-state index in [1.807, 2.05) is 0 Å². The normalized spacial score (nSPS) is 15.2. The quantitative estimate of drug-likeness (QED) is 0.204. The Morgan fingerprint density at radius 2 is 1.50 bits per heavy atom. The average molecular weight is 330 g/mol. The maximum atomic E-state index is 12.6. The van der Waals surface area contributed by atoms with Crippen LogP contribution in [-0.4, -0.2) is 18.9 Å². The zero-order chi connectivity index (χ0) is 16.7. The van der Waals surface area contributed by atoms with E-state index in [4.69, 9.17) is 15.5 Å². The van der Waals surface area contributed by atoms with Gasteiger partial charge in [-0.15, -0.1) is 6.42 Å². The first-order chi connectivity index (χ1) is 10.6. The van der Waals surface area contributed by atoms with E-state index in [0.717, 1.165) is 25.7 Å². The molecule has 0 spiro atoms. The topological polar surface area (TPSA) is 35.5 Å². The molecule has 0 N–H and O–H groups in total. The molecule has 0 amide bonds. The van der Waals surface area contributed by atoms with Crippen LogP contribution in [0.15, 0.2) is 0 Å². The second-order valence-electron chi connectivity index (χ2n) is 5.91. The third-order valence-corrected chi connectivity index (χ3v) is 5.70. The molecule has 0 aromatic carbocycles. The second-order valence-corrected chi connectivity index (χ2v) is 8.05.